The summed E-state index contributed by atoms with van der Waals surface area (Å²) >= 11 is 0. The molecule has 0 aliphatic carbocycles. The zero-order chi connectivity index (χ0) is 8.27. The Hall–Kier alpha value is -1.55. The lowest BCUT2D eigenvalue weighted by atomic mass is 10.3. The third-order valence-corrected chi connectivity index (χ3v) is 1.21. The van der Waals surface area contributed by atoms with E-state index in [1.165, 1.54) is 13.0 Å². The number of nitrogens with one attached hydrogen (secondary N) is 1. The summed E-state index contributed by atoms with van der Waals surface area (Å²) in [5.41, 5.74) is 0.444. The highest BCUT2D eigenvalue weighted by molar-refractivity contribution is 5.90. The maximum atomic E-state index is 10.5. The minimum atomic E-state index is -0.188. The molecule has 1 rings (SSSR count). The Morgan fingerprint density at radius 2 is 2.00 bits per heavy atom. The van der Waals surface area contributed by atoms with Crippen LogP contribution in [-0.4, -0.2) is 16.5 Å². The number of hydrogen-bond donors (Lipinski definition) is 2. The summed E-state index contributed by atoms with van der Waals surface area (Å²) < 4.78 is 0. The third-order valence-electron chi connectivity index (χ3n) is 1.21. The van der Waals surface area contributed by atoms with E-state index < -0.39 is 0 Å². The van der Waals surface area contributed by atoms with Gasteiger partial charge >= 0.3 is 0 Å². The molecule has 0 heterocycles. The van der Waals surface area contributed by atoms with E-state index in [2.05, 4.69) is 5.32 Å². The van der Waals surface area contributed by atoms with Crippen molar-refractivity contribution >= 4 is 11.6 Å². The van der Waals surface area contributed by atoms with Crippen LogP contribution in [0, 0.1) is 0 Å². The number of carbonyl (C=O) groups is 1. The number of amides is 1. The lowest BCUT2D eigenvalue weighted by Crippen LogP contribution is -2.05. The van der Waals surface area contributed by atoms with Gasteiger partial charge in [-0.15, -0.1) is 0 Å². The van der Waals surface area contributed by atoms with Gasteiger partial charge in [-0.25, -0.2) is 0 Å². The molecule has 1 amide bonds. The summed E-state index contributed by atoms with van der Waals surface area (Å²) in [5, 5.41) is 11.6. The van der Waals surface area contributed by atoms with Gasteiger partial charge in [0.15, 0.2) is 0 Å². The number of carbonyl (C=O) groups excluding carboxylic acids is 1. The molecule has 1 aromatic rings. The molecule has 0 radical (unpaired) electrons. The van der Waals surface area contributed by atoms with Gasteiger partial charge in [-0.1, -0.05) is 12.1 Å². The highest BCUT2D eigenvalue weighted by Gasteiger charge is 1.98. The highest BCUT2D eigenvalue weighted by atomic mass is 16.3. The highest BCUT2D eigenvalue weighted by Crippen LogP contribution is 2.20. The molecule has 4 heteroatoms. The Labute approximate surface area is 70.1 Å². The number of benzene rings is 1. The van der Waals surface area contributed by atoms with E-state index in [4.69, 9.17) is 5.11 Å². The minimum absolute atomic E-state index is 0. The van der Waals surface area contributed by atoms with Crippen LogP contribution in [0.3, 0.4) is 0 Å². The third kappa shape index (κ3) is 2.59. The van der Waals surface area contributed by atoms with Crippen LogP contribution >= 0.6 is 0 Å². The number of anilines is 1. The first-order valence-electron chi connectivity index (χ1n) is 3.26. The van der Waals surface area contributed by atoms with Gasteiger partial charge in [-0.3, -0.25) is 4.79 Å². The van der Waals surface area contributed by atoms with E-state index in [0.717, 1.165) is 0 Å². The molecule has 0 aliphatic rings. The van der Waals surface area contributed by atoms with Gasteiger partial charge in [0.1, 0.15) is 5.75 Å². The second-order valence-electron chi connectivity index (χ2n) is 2.20. The Morgan fingerprint density at radius 3 is 2.50 bits per heavy atom. The summed E-state index contributed by atoms with van der Waals surface area (Å²) in [5.74, 6) is -0.103. The zero-order valence-corrected chi connectivity index (χ0v) is 6.66. The second kappa shape index (κ2) is 4.35. The van der Waals surface area contributed by atoms with Crippen molar-refractivity contribution in [3.8, 4) is 5.75 Å². The lowest BCUT2D eigenvalue weighted by molar-refractivity contribution is -0.114. The van der Waals surface area contributed by atoms with Crippen molar-refractivity contribution in [2.45, 2.75) is 6.92 Å². The molecular formula is C8H11NO3. The number of aromatic hydroxyl groups is 1. The van der Waals surface area contributed by atoms with Gasteiger partial charge in [-0.05, 0) is 12.1 Å². The van der Waals surface area contributed by atoms with E-state index >= 15 is 0 Å². The van der Waals surface area contributed by atoms with Crippen molar-refractivity contribution in [3.63, 3.8) is 0 Å². The van der Waals surface area contributed by atoms with Crippen LogP contribution in [0.2, 0.25) is 0 Å². The molecule has 0 atom stereocenters. The molecule has 0 aliphatic heterocycles. The van der Waals surface area contributed by atoms with Gasteiger partial charge in [0, 0.05) is 6.92 Å². The van der Waals surface area contributed by atoms with Crippen LogP contribution in [0.5, 0.6) is 5.75 Å². The molecule has 0 unspecified atom stereocenters. The SMILES string of the molecule is CC(=O)Nc1ccccc1O.O. The van der Waals surface area contributed by atoms with E-state index in [9.17, 15) is 4.79 Å². The van der Waals surface area contributed by atoms with Crippen LogP contribution in [0.4, 0.5) is 5.69 Å². The smallest absolute Gasteiger partial charge is 0.221 e. The van der Waals surface area contributed by atoms with Crippen LogP contribution in [0.15, 0.2) is 24.3 Å². The fourth-order valence-corrected chi connectivity index (χ4v) is 0.769. The summed E-state index contributed by atoms with van der Waals surface area (Å²) in [6.07, 6.45) is 0. The van der Waals surface area contributed by atoms with Gasteiger partial charge in [0.2, 0.25) is 5.91 Å². The van der Waals surface area contributed by atoms with Crippen molar-refractivity contribution < 1.29 is 15.4 Å². The molecule has 4 N–H and O–H groups in total. The fourth-order valence-electron chi connectivity index (χ4n) is 0.769. The summed E-state index contributed by atoms with van der Waals surface area (Å²) in [6, 6.07) is 6.59. The largest absolute Gasteiger partial charge is 0.506 e. The average Bonchev–Trinajstić information content (AvgIpc) is 1.93. The van der Waals surface area contributed by atoms with Gasteiger partial charge in [-0.2, -0.15) is 0 Å². The predicted molar refractivity (Wildman–Crippen MR) is 46.0 cm³/mol. The first kappa shape index (κ1) is 10.4. The quantitative estimate of drug-likeness (QED) is 0.601. The van der Waals surface area contributed by atoms with E-state index in [1.54, 1.807) is 18.2 Å². The van der Waals surface area contributed by atoms with Crippen molar-refractivity contribution in [2.24, 2.45) is 0 Å². The lowest BCUT2D eigenvalue weighted by Gasteiger charge is -2.02. The van der Waals surface area contributed by atoms with E-state index in [-0.39, 0.29) is 17.1 Å². The van der Waals surface area contributed by atoms with Crippen molar-refractivity contribution in [1.82, 2.24) is 0 Å². The van der Waals surface area contributed by atoms with E-state index in [1.807, 2.05) is 0 Å². The first-order valence-corrected chi connectivity index (χ1v) is 3.26. The Kier molecular flexibility index (Phi) is 3.79. The van der Waals surface area contributed by atoms with Crippen LogP contribution < -0.4 is 5.32 Å². The van der Waals surface area contributed by atoms with Gasteiger partial charge in [0.05, 0.1) is 5.69 Å². The fraction of sp³-hybridized carbons (Fsp3) is 0.125. The minimum Gasteiger partial charge on any atom is -0.506 e. The maximum Gasteiger partial charge on any atom is 0.221 e. The summed E-state index contributed by atoms with van der Waals surface area (Å²) in [6.45, 7) is 1.40. The van der Waals surface area contributed by atoms with Crippen LogP contribution in [0.25, 0.3) is 0 Å². The van der Waals surface area contributed by atoms with Crippen molar-refractivity contribution in [3.05, 3.63) is 24.3 Å². The normalized spacial score (nSPS) is 8.42. The van der Waals surface area contributed by atoms with Crippen LogP contribution in [-0.2, 0) is 4.79 Å². The Balaban J connectivity index is 0.00000121. The average molecular weight is 169 g/mol. The molecule has 0 saturated heterocycles. The van der Waals surface area contributed by atoms with Crippen molar-refractivity contribution in [1.29, 1.82) is 0 Å². The van der Waals surface area contributed by atoms with Gasteiger partial charge < -0.3 is 15.9 Å². The number of phenols is 1. The zero-order valence-electron chi connectivity index (χ0n) is 6.66. The number of para-hydroxylation sites is 2. The molecule has 0 saturated carbocycles. The number of hydrogen-bond acceptors (Lipinski definition) is 2. The van der Waals surface area contributed by atoms with Gasteiger partial charge in [0.25, 0.3) is 0 Å². The van der Waals surface area contributed by atoms with Crippen molar-refractivity contribution in [2.75, 3.05) is 5.32 Å². The molecule has 0 aromatic heterocycles. The predicted octanol–water partition coefficient (Wildman–Crippen LogP) is 0.526. The number of phenolic OH excluding ortho intramolecular Hbond substituents is 1. The molecule has 0 fully saturated rings. The Bertz CT molecular complexity index is 273. The monoisotopic (exact) mass is 169 g/mol. The first-order chi connectivity index (χ1) is 5.20. The molecular weight excluding hydrogens is 158 g/mol. The summed E-state index contributed by atoms with van der Waals surface area (Å²) in [4.78, 5) is 10.5. The Morgan fingerprint density at radius 1 is 1.42 bits per heavy atom. The molecule has 66 valence electrons. The molecule has 0 spiro atoms. The maximum absolute atomic E-state index is 10.5. The molecule has 1 aromatic carbocycles. The second-order valence-corrected chi connectivity index (χ2v) is 2.20. The summed E-state index contributed by atoms with van der Waals surface area (Å²) in [7, 11) is 0. The number of rotatable bonds is 1. The standard InChI is InChI=1S/C8H9NO2.H2O/c1-6(10)9-7-4-2-3-5-8(7)11;/h2-5,11H,1H3,(H,9,10);1H2. The topological polar surface area (TPSA) is 80.8 Å². The van der Waals surface area contributed by atoms with E-state index in [0.29, 0.717) is 5.69 Å². The van der Waals surface area contributed by atoms with Crippen LogP contribution in [0.1, 0.15) is 6.92 Å². The molecule has 4 nitrogen and oxygen atoms in total. The molecule has 0 bridgehead atoms. The molecule has 12 heavy (non-hydrogen) atoms.